The van der Waals surface area contributed by atoms with Crippen LogP contribution in [-0.4, -0.2) is 84.7 Å². The van der Waals surface area contributed by atoms with Crippen LogP contribution in [0.5, 0.6) is 0 Å². The summed E-state index contributed by atoms with van der Waals surface area (Å²) in [6, 6.07) is 19.4. The minimum atomic E-state index is 0.134. The predicted octanol–water partition coefficient (Wildman–Crippen LogP) is 3.17. The highest BCUT2D eigenvalue weighted by Crippen LogP contribution is 2.42. The number of aliphatic hydroxyl groups is 1. The highest BCUT2D eigenvalue weighted by molar-refractivity contribution is 5.78. The smallest absolute Gasteiger partial charge is 0.236 e. The van der Waals surface area contributed by atoms with Crippen LogP contribution in [0, 0.1) is 0 Å². The minimum absolute atomic E-state index is 0.134. The first-order valence-corrected chi connectivity index (χ1v) is 11.7. The SMILES string of the molecule is CN(C)CC(=O)N1CCCCN2[C@@H](CO)[C@H](c3ccc(/C=C/c4ccccc4)cc3)[C@@H]2C1. The molecular weight excluding hydrogens is 398 g/mol. The molecule has 2 aromatic carbocycles. The Kier molecular flexibility index (Phi) is 7.40. The highest BCUT2D eigenvalue weighted by atomic mass is 16.3. The molecule has 2 aliphatic rings. The number of carbonyl (C=O) groups is 1. The van der Waals surface area contributed by atoms with Crippen LogP contribution in [0.3, 0.4) is 0 Å². The fourth-order valence-electron chi connectivity index (χ4n) is 5.12. The van der Waals surface area contributed by atoms with Gasteiger partial charge in [0, 0.05) is 31.1 Å². The van der Waals surface area contributed by atoms with E-state index in [-0.39, 0.29) is 30.5 Å². The number of benzene rings is 2. The Balaban J connectivity index is 1.49. The van der Waals surface area contributed by atoms with Crippen LogP contribution in [-0.2, 0) is 4.79 Å². The van der Waals surface area contributed by atoms with Gasteiger partial charge in [0.1, 0.15) is 0 Å². The van der Waals surface area contributed by atoms with Gasteiger partial charge in [0.15, 0.2) is 0 Å². The van der Waals surface area contributed by atoms with Gasteiger partial charge >= 0.3 is 0 Å². The molecule has 0 radical (unpaired) electrons. The third kappa shape index (κ3) is 5.12. The maximum Gasteiger partial charge on any atom is 0.236 e. The van der Waals surface area contributed by atoms with E-state index in [1.807, 2.05) is 42.1 Å². The Morgan fingerprint density at radius 1 is 1.00 bits per heavy atom. The summed E-state index contributed by atoms with van der Waals surface area (Å²) in [6.07, 6.45) is 6.34. The summed E-state index contributed by atoms with van der Waals surface area (Å²) in [6.45, 7) is 3.17. The quantitative estimate of drug-likeness (QED) is 0.711. The van der Waals surface area contributed by atoms with E-state index in [0.717, 1.165) is 38.0 Å². The van der Waals surface area contributed by atoms with Crippen LogP contribution in [0.25, 0.3) is 12.2 Å². The summed E-state index contributed by atoms with van der Waals surface area (Å²) in [5.74, 6) is 0.448. The lowest BCUT2D eigenvalue weighted by Gasteiger charge is -2.57. The van der Waals surface area contributed by atoms with Gasteiger partial charge in [-0.1, -0.05) is 66.7 Å². The number of aliphatic hydroxyl groups excluding tert-OH is 1. The average Bonchev–Trinajstić information content (AvgIpc) is 2.77. The van der Waals surface area contributed by atoms with E-state index in [1.165, 1.54) is 11.1 Å². The molecule has 2 heterocycles. The summed E-state index contributed by atoms with van der Waals surface area (Å²) in [5, 5.41) is 10.1. The molecule has 1 N–H and O–H groups in total. The average molecular weight is 434 g/mol. The molecule has 170 valence electrons. The summed E-state index contributed by atoms with van der Waals surface area (Å²) < 4.78 is 0. The number of fused-ring (bicyclic) bond motifs is 1. The van der Waals surface area contributed by atoms with E-state index in [2.05, 4.69) is 53.5 Å². The minimum Gasteiger partial charge on any atom is -0.395 e. The lowest BCUT2D eigenvalue weighted by atomic mass is 9.74. The standard InChI is InChI=1S/C27H35N3O2/c1-28(2)19-26(32)29-16-6-7-17-30-24(18-29)27(25(30)20-31)23-14-12-22(13-15-23)11-10-21-8-4-3-5-9-21/h3-5,8-15,24-25,27,31H,6-7,16-20H2,1-2H3/b11-10+/t24-,25-,27+/m0/s1. The lowest BCUT2D eigenvalue weighted by molar-refractivity contribution is -0.137. The molecule has 1 amide bonds. The van der Waals surface area contributed by atoms with Crippen molar-refractivity contribution in [1.29, 1.82) is 0 Å². The van der Waals surface area contributed by atoms with Crippen LogP contribution >= 0.6 is 0 Å². The summed E-state index contributed by atoms with van der Waals surface area (Å²) in [4.78, 5) is 19.2. The first-order chi connectivity index (χ1) is 15.6. The lowest BCUT2D eigenvalue weighted by Crippen LogP contribution is -2.68. The van der Waals surface area contributed by atoms with Gasteiger partial charge in [0.25, 0.3) is 0 Å². The van der Waals surface area contributed by atoms with Crippen molar-refractivity contribution < 1.29 is 9.90 Å². The largest absolute Gasteiger partial charge is 0.395 e. The van der Waals surface area contributed by atoms with Crippen LogP contribution in [0.1, 0.15) is 35.4 Å². The van der Waals surface area contributed by atoms with Gasteiger partial charge in [0.2, 0.25) is 5.91 Å². The first kappa shape index (κ1) is 22.7. The van der Waals surface area contributed by atoms with Crippen molar-refractivity contribution in [2.24, 2.45) is 0 Å². The van der Waals surface area contributed by atoms with Crippen LogP contribution in [0.15, 0.2) is 54.6 Å². The molecule has 4 rings (SSSR count). The van der Waals surface area contributed by atoms with E-state index in [1.54, 1.807) is 0 Å². The van der Waals surface area contributed by atoms with E-state index in [4.69, 9.17) is 0 Å². The Labute approximate surface area is 191 Å². The zero-order valence-electron chi connectivity index (χ0n) is 19.2. The van der Waals surface area contributed by atoms with Crippen LogP contribution < -0.4 is 0 Å². The molecule has 2 fully saturated rings. The van der Waals surface area contributed by atoms with E-state index < -0.39 is 0 Å². The highest BCUT2D eigenvalue weighted by Gasteiger charge is 2.49. The molecule has 2 aromatic rings. The number of rotatable bonds is 6. The number of nitrogens with zero attached hydrogens (tertiary/aromatic N) is 3. The number of hydrogen-bond donors (Lipinski definition) is 1. The molecule has 0 saturated carbocycles. The molecule has 32 heavy (non-hydrogen) atoms. The third-order valence-electron chi connectivity index (χ3n) is 6.76. The fourth-order valence-corrected chi connectivity index (χ4v) is 5.12. The second-order valence-corrected chi connectivity index (χ2v) is 9.28. The molecule has 3 atom stereocenters. The van der Waals surface area contributed by atoms with Crippen molar-refractivity contribution in [3.63, 3.8) is 0 Å². The molecule has 0 bridgehead atoms. The van der Waals surface area contributed by atoms with E-state index in [9.17, 15) is 9.90 Å². The zero-order chi connectivity index (χ0) is 22.5. The predicted molar refractivity (Wildman–Crippen MR) is 130 cm³/mol. The van der Waals surface area contributed by atoms with Crippen LogP contribution in [0.4, 0.5) is 0 Å². The van der Waals surface area contributed by atoms with Crippen LogP contribution in [0.2, 0.25) is 0 Å². The van der Waals surface area contributed by atoms with Gasteiger partial charge in [-0.25, -0.2) is 0 Å². The molecule has 0 aromatic heterocycles. The number of carbonyl (C=O) groups excluding carboxylic acids is 1. The Morgan fingerprint density at radius 2 is 1.66 bits per heavy atom. The summed E-state index contributed by atoms with van der Waals surface area (Å²) >= 11 is 0. The Hall–Kier alpha value is -2.47. The van der Waals surface area contributed by atoms with Gasteiger partial charge in [-0.2, -0.15) is 0 Å². The maximum absolute atomic E-state index is 12.8. The molecule has 0 aliphatic carbocycles. The fraction of sp³-hybridized carbons (Fsp3) is 0.444. The second kappa shape index (κ2) is 10.4. The van der Waals surface area contributed by atoms with Gasteiger partial charge in [-0.15, -0.1) is 0 Å². The topological polar surface area (TPSA) is 47.0 Å². The van der Waals surface area contributed by atoms with Gasteiger partial charge in [-0.05, 0) is 50.2 Å². The van der Waals surface area contributed by atoms with Crippen molar-refractivity contribution in [3.05, 3.63) is 71.3 Å². The summed E-state index contributed by atoms with van der Waals surface area (Å²) in [7, 11) is 3.88. The molecule has 0 spiro atoms. The second-order valence-electron chi connectivity index (χ2n) is 9.28. The summed E-state index contributed by atoms with van der Waals surface area (Å²) in [5.41, 5.74) is 3.60. The normalized spacial score (nSPS) is 24.1. The van der Waals surface area contributed by atoms with Gasteiger partial charge < -0.3 is 14.9 Å². The van der Waals surface area contributed by atoms with Crippen molar-refractivity contribution >= 4 is 18.1 Å². The zero-order valence-corrected chi connectivity index (χ0v) is 19.2. The van der Waals surface area contributed by atoms with Crippen molar-refractivity contribution in [2.45, 2.75) is 30.8 Å². The maximum atomic E-state index is 12.8. The Morgan fingerprint density at radius 3 is 2.31 bits per heavy atom. The van der Waals surface area contributed by atoms with E-state index in [0.29, 0.717) is 6.54 Å². The Bertz CT molecular complexity index is 910. The number of likely N-dealkylation sites (N-methyl/N-ethyl adjacent to an activating group) is 1. The third-order valence-corrected chi connectivity index (χ3v) is 6.76. The molecule has 5 nitrogen and oxygen atoms in total. The van der Waals surface area contributed by atoms with Gasteiger partial charge in [0.05, 0.1) is 13.2 Å². The number of amides is 1. The number of hydrogen-bond acceptors (Lipinski definition) is 4. The molecule has 2 saturated heterocycles. The molecular formula is C27H35N3O2. The molecule has 2 aliphatic heterocycles. The van der Waals surface area contributed by atoms with Crippen molar-refractivity contribution in [1.82, 2.24) is 14.7 Å². The molecule has 5 heteroatoms. The van der Waals surface area contributed by atoms with Crippen molar-refractivity contribution in [3.8, 4) is 0 Å². The van der Waals surface area contributed by atoms with Crippen molar-refractivity contribution in [2.75, 3.05) is 46.9 Å². The van der Waals surface area contributed by atoms with E-state index >= 15 is 0 Å². The van der Waals surface area contributed by atoms with Gasteiger partial charge in [-0.3, -0.25) is 9.69 Å². The molecule has 0 unspecified atom stereocenters. The first-order valence-electron chi connectivity index (χ1n) is 11.7. The monoisotopic (exact) mass is 433 g/mol.